The second-order valence-corrected chi connectivity index (χ2v) is 10.3. The first-order chi connectivity index (χ1) is 16.8. The number of aryl methyl sites for hydroxylation is 1. The number of nitrogens with zero attached hydrogens (tertiary/aromatic N) is 2. The Bertz CT molecular complexity index is 1440. The van der Waals surface area contributed by atoms with Crippen LogP contribution >= 0.6 is 0 Å². The molecule has 13 heteroatoms. The average Bonchev–Trinajstić information content (AvgIpc) is 3.58. The van der Waals surface area contributed by atoms with Crippen molar-refractivity contribution < 1.29 is 35.5 Å². The number of benzene rings is 2. The number of hydrogen-bond donors (Lipinski definition) is 2. The fourth-order valence-electron chi connectivity index (χ4n) is 3.30. The number of alkyl halides is 3. The van der Waals surface area contributed by atoms with Gasteiger partial charge >= 0.3 is 6.18 Å². The van der Waals surface area contributed by atoms with Crippen LogP contribution in [-0.4, -0.2) is 36.8 Å². The fourth-order valence-corrected chi connectivity index (χ4v) is 3.97. The molecule has 0 bridgehead atoms. The van der Waals surface area contributed by atoms with Gasteiger partial charge in [-0.05, 0) is 61.7 Å². The molecule has 8 nitrogen and oxygen atoms in total. The Labute approximate surface area is 203 Å². The molecule has 1 heterocycles. The van der Waals surface area contributed by atoms with Gasteiger partial charge in [-0.15, -0.1) is 10.2 Å². The van der Waals surface area contributed by atoms with Crippen molar-refractivity contribution in [3.8, 4) is 11.6 Å². The number of nitrogens with one attached hydrogen (secondary N) is 2. The molecule has 0 radical (unpaired) electrons. The first-order valence-corrected chi connectivity index (χ1v) is 12.5. The molecule has 3 aromatic rings. The summed E-state index contributed by atoms with van der Waals surface area (Å²) in [5.41, 5.74) is -2.29. The molecular weight excluding hydrogens is 504 g/mol. The summed E-state index contributed by atoms with van der Waals surface area (Å²) in [6.07, 6.45) is -2.79. The minimum absolute atomic E-state index is 0.0228. The van der Waals surface area contributed by atoms with Crippen LogP contribution in [0.3, 0.4) is 0 Å². The molecule has 1 fully saturated rings. The van der Waals surface area contributed by atoms with Gasteiger partial charge in [0.25, 0.3) is 11.8 Å². The van der Waals surface area contributed by atoms with Crippen LogP contribution in [0.2, 0.25) is 0 Å². The fraction of sp³-hybridized carbons (Fsp3) is 0.261. The van der Waals surface area contributed by atoms with Crippen molar-refractivity contribution >= 4 is 27.1 Å². The van der Waals surface area contributed by atoms with Gasteiger partial charge in [-0.1, -0.05) is 6.07 Å². The average molecular weight is 524 g/mol. The number of aromatic nitrogens is 2. The quantitative estimate of drug-likeness (QED) is 0.420. The molecule has 1 aliphatic rings. The molecule has 0 unspecified atom stereocenters. The number of hydrogen-bond acceptors (Lipinski definition) is 7. The van der Waals surface area contributed by atoms with E-state index in [1.807, 2.05) is 0 Å². The van der Waals surface area contributed by atoms with Gasteiger partial charge in [0.05, 0.1) is 10.6 Å². The number of rotatable bonds is 7. The van der Waals surface area contributed by atoms with Crippen molar-refractivity contribution in [2.75, 3.05) is 16.9 Å². The maximum Gasteiger partial charge on any atom is 0.437 e. The molecule has 2 N–H and O–H groups in total. The Hall–Kier alpha value is -3.74. The molecule has 1 saturated carbocycles. The van der Waals surface area contributed by atoms with Crippen molar-refractivity contribution in [3.63, 3.8) is 0 Å². The van der Waals surface area contributed by atoms with Gasteiger partial charge < -0.3 is 15.4 Å². The van der Waals surface area contributed by atoms with Crippen LogP contribution in [0.4, 0.5) is 28.9 Å². The van der Waals surface area contributed by atoms with E-state index in [9.17, 15) is 30.8 Å². The molecule has 2 aromatic carbocycles. The minimum Gasteiger partial charge on any atom is -0.437 e. The third-order valence-electron chi connectivity index (χ3n) is 5.23. The van der Waals surface area contributed by atoms with E-state index >= 15 is 0 Å². The van der Waals surface area contributed by atoms with Crippen LogP contribution in [0.15, 0.2) is 47.4 Å². The first-order valence-electron chi connectivity index (χ1n) is 10.6. The van der Waals surface area contributed by atoms with Gasteiger partial charge in [0, 0.05) is 18.0 Å². The molecule has 190 valence electrons. The molecule has 0 spiro atoms. The predicted octanol–water partition coefficient (Wildman–Crippen LogP) is 4.97. The molecule has 0 saturated heterocycles. The summed E-state index contributed by atoms with van der Waals surface area (Å²) in [7, 11) is -3.61. The second-order valence-electron chi connectivity index (χ2n) is 8.29. The number of amides is 1. The van der Waals surface area contributed by atoms with Gasteiger partial charge in [0.2, 0.25) is 0 Å². The Balaban J connectivity index is 1.83. The summed E-state index contributed by atoms with van der Waals surface area (Å²) in [5, 5.41) is 11.9. The number of carbonyl (C=O) groups is 1. The molecule has 4 rings (SSSR count). The van der Waals surface area contributed by atoms with E-state index in [1.165, 1.54) is 37.3 Å². The number of carbonyl (C=O) groups excluding carboxylic acids is 1. The van der Waals surface area contributed by atoms with Crippen LogP contribution in [-0.2, 0) is 16.0 Å². The van der Waals surface area contributed by atoms with Crippen LogP contribution in [0.5, 0.6) is 11.6 Å². The highest BCUT2D eigenvalue weighted by atomic mass is 32.2. The SMILES string of the molecule is Cc1cc(F)ccc1Oc1nnc(C(F)(F)F)c(NC2CC2)c1C(=O)Nc1cccc(S(C)(=O)=O)c1. The first kappa shape index (κ1) is 25.4. The number of ether oxygens (including phenoxy) is 1. The summed E-state index contributed by atoms with van der Waals surface area (Å²) in [6.45, 7) is 1.51. The van der Waals surface area contributed by atoms with Crippen molar-refractivity contribution in [3.05, 3.63) is 65.1 Å². The lowest BCUT2D eigenvalue weighted by Gasteiger charge is -2.19. The standard InChI is InChI=1S/C23H20F4N4O4S/c1-12-10-13(24)6-9-17(12)35-22-18(19(28-14-7-8-14)20(30-31-22)23(25,26)27)21(32)29-15-4-3-5-16(11-15)36(2,33)34/h3-6,9-11,14H,7-8H2,1-2H3,(H,28,31)(H,29,32). The van der Waals surface area contributed by atoms with Gasteiger partial charge in [-0.2, -0.15) is 13.2 Å². The second kappa shape index (κ2) is 9.37. The molecule has 1 aliphatic carbocycles. The Kier molecular flexibility index (Phi) is 6.60. The number of anilines is 2. The van der Waals surface area contributed by atoms with E-state index in [1.54, 1.807) is 0 Å². The Morgan fingerprint density at radius 1 is 1.11 bits per heavy atom. The third kappa shape index (κ3) is 5.73. The summed E-state index contributed by atoms with van der Waals surface area (Å²) >= 11 is 0. The summed E-state index contributed by atoms with van der Waals surface area (Å²) < 4.78 is 84.4. The van der Waals surface area contributed by atoms with Gasteiger partial charge in [-0.25, -0.2) is 12.8 Å². The zero-order chi connectivity index (χ0) is 26.3. The molecule has 0 atom stereocenters. The highest BCUT2D eigenvalue weighted by Crippen LogP contribution is 2.41. The Morgan fingerprint density at radius 2 is 1.83 bits per heavy atom. The zero-order valence-corrected chi connectivity index (χ0v) is 19.8. The summed E-state index contributed by atoms with van der Waals surface area (Å²) in [5.74, 6) is -2.09. The lowest BCUT2D eigenvalue weighted by atomic mass is 10.1. The monoisotopic (exact) mass is 524 g/mol. The lowest BCUT2D eigenvalue weighted by molar-refractivity contribution is -0.141. The maximum atomic E-state index is 13.8. The number of sulfone groups is 1. The highest BCUT2D eigenvalue weighted by Gasteiger charge is 2.41. The van der Waals surface area contributed by atoms with E-state index in [4.69, 9.17) is 4.74 Å². The van der Waals surface area contributed by atoms with Crippen molar-refractivity contribution in [2.45, 2.75) is 36.9 Å². The lowest BCUT2D eigenvalue weighted by Crippen LogP contribution is -2.23. The van der Waals surface area contributed by atoms with Crippen LogP contribution in [0, 0.1) is 12.7 Å². The third-order valence-corrected chi connectivity index (χ3v) is 6.34. The van der Waals surface area contributed by atoms with E-state index in [2.05, 4.69) is 20.8 Å². The number of halogens is 4. The maximum absolute atomic E-state index is 13.8. The van der Waals surface area contributed by atoms with E-state index in [0.29, 0.717) is 18.4 Å². The van der Waals surface area contributed by atoms with E-state index < -0.39 is 50.6 Å². The molecular formula is C23H20F4N4O4S. The largest absolute Gasteiger partial charge is 0.437 e. The smallest absolute Gasteiger partial charge is 0.437 e. The van der Waals surface area contributed by atoms with Crippen LogP contribution in [0.1, 0.15) is 34.5 Å². The van der Waals surface area contributed by atoms with Crippen molar-refractivity contribution in [2.24, 2.45) is 0 Å². The van der Waals surface area contributed by atoms with Crippen LogP contribution < -0.4 is 15.4 Å². The normalized spacial score (nSPS) is 13.8. The van der Waals surface area contributed by atoms with Crippen molar-refractivity contribution in [1.82, 2.24) is 10.2 Å². The topological polar surface area (TPSA) is 110 Å². The molecule has 1 amide bonds. The van der Waals surface area contributed by atoms with E-state index in [0.717, 1.165) is 18.4 Å². The Morgan fingerprint density at radius 3 is 2.44 bits per heavy atom. The van der Waals surface area contributed by atoms with Crippen molar-refractivity contribution in [1.29, 1.82) is 0 Å². The van der Waals surface area contributed by atoms with Gasteiger partial charge in [0.15, 0.2) is 15.5 Å². The molecule has 0 aliphatic heterocycles. The molecule has 36 heavy (non-hydrogen) atoms. The highest BCUT2D eigenvalue weighted by molar-refractivity contribution is 7.90. The zero-order valence-electron chi connectivity index (χ0n) is 19.0. The van der Waals surface area contributed by atoms with Gasteiger partial charge in [-0.3, -0.25) is 4.79 Å². The van der Waals surface area contributed by atoms with Gasteiger partial charge in [0.1, 0.15) is 17.1 Å². The predicted molar refractivity (Wildman–Crippen MR) is 122 cm³/mol. The van der Waals surface area contributed by atoms with Crippen LogP contribution in [0.25, 0.3) is 0 Å². The summed E-state index contributed by atoms with van der Waals surface area (Å²) in [6, 6.07) is 8.40. The molecule has 1 aromatic heterocycles. The summed E-state index contributed by atoms with van der Waals surface area (Å²) in [4.78, 5) is 13.3. The van der Waals surface area contributed by atoms with E-state index in [-0.39, 0.29) is 22.4 Å². The minimum atomic E-state index is -4.94.